The fourth-order valence-electron chi connectivity index (χ4n) is 7.74. The first-order valence-corrected chi connectivity index (χ1v) is 30.3. The molecular formula is C60H105O11P. The van der Waals surface area contributed by atoms with Gasteiger partial charge in [-0.25, -0.2) is 4.57 Å². The molecule has 0 saturated carbocycles. The highest BCUT2D eigenvalue weighted by Crippen LogP contribution is 2.43. The Hall–Kier alpha value is -3.08. The third-order valence-corrected chi connectivity index (χ3v) is 13.1. The van der Waals surface area contributed by atoms with Crippen molar-refractivity contribution >= 4 is 25.7 Å². The molecule has 0 aromatic carbocycles. The van der Waals surface area contributed by atoms with E-state index in [1.54, 1.807) is 0 Å². The van der Waals surface area contributed by atoms with E-state index in [0.29, 0.717) is 25.7 Å². The number of allylic oxidation sites excluding steroid dienone is 12. The van der Waals surface area contributed by atoms with E-state index >= 15 is 0 Å². The van der Waals surface area contributed by atoms with Crippen LogP contribution in [-0.4, -0.2) is 66.5 Å². The van der Waals surface area contributed by atoms with Crippen LogP contribution in [-0.2, 0) is 42.2 Å². The van der Waals surface area contributed by atoms with Crippen LogP contribution in [0.1, 0.15) is 252 Å². The average Bonchev–Trinajstić information content (AvgIpc) is 3.37. The summed E-state index contributed by atoms with van der Waals surface area (Å²) in [5, 5.41) is 9.80. The molecule has 0 spiro atoms. The Labute approximate surface area is 439 Å². The van der Waals surface area contributed by atoms with Gasteiger partial charge in [-0.2, -0.15) is 0 Å². The molecule has 0 aromatic heterocycles. The SMILES string of the molecule is CC/C=C\C/C=C\C/C=C\C/C=C\C/C=C\CCCC(=O)OC(CO)COP(=O)(O)OCC(COC(=O)CCCCCCCCCCC)OC(=O)CCCCCCCCCCC/C=C\CCCCCCCC. The van der Waals surface area contributed by atoms with Crippen molar-refractivity contribution in [2.75, 3.05) is 26.4 Å². The lowest BCUT2D eigenvalue weighted by Crippen LogP contribution is -2.30. The van der Waals surface area contributed by atoms with Crippen LogP contribution < -0.4 is 0 Å². The van der Waals surface area contributed by atoms with E-state index in [1.165, 1.54) is 116 Å². The molecule has 0 radical (unpaired) electrons. The topological polar surface area (TPSA) is 155 Å². The monoisotopic (exact) mass is 1030 g/mol. The molecule has 0 saturated heterocycles. The number of carbonyl (C=O) groups excluding carboxylic acids is 3. The first-order chi connectivity index (χ1) is 35.2. The number of rotatable bonds is 53. The first-order valence-electron chi connectivity index (χ1n) is 28.8. The second-order valence-electron chi connectivity index (χ2n) is 19.1. The zero-order chi connectivity index (χ0) is 52.7. The van der Waals surface area contributed by atoms with Gasteiger partial charge in [-0.1, -0.05) is 222 Å². The molecule has 0 fully saturated rings. The van der Waals surface area contributed by atoms with E-state index in [-0.39, 0.29) is 25.9 Å². The predicted molar refractivity (Wildman–Crippen MR) is 298 cm³/mol. The largest absolute Gasteiger partial charge is 0.472 e. The number of esters is 3. The van der Waals surface area contributed by atoms with Gasteiger partial charge in [0.1, 0.15) is 12.7 Å². The van der Waals surface area contributed by atoms with E-state index in [0.717, 1.165) is 70.6 Å². The van der Waals surface area contributed by atoms with Crippen LogP contribution in [0.3, 0.4) is 0 Å². The molecular weight excluding hydrogens is 928 g/mol. The summed E-state index contributed by atoms with van der Waals surface area (Å²) in [5.41, 5.74) is 0. The maximum Gasteiger partial charge on any atom is 0.472 e. The summed E-state index contributed by atoms with van der Waals surface area (Å²) in [5.74, 6) is -1.52. The van der Waals surface area contributed by atoms with Crippen molar-refractivity contribution in [2.24, 2.45) is 0 Å². The number of aliphatic hydroxyl groups is 1. The normalized spacial score (nSPS) is 13.9. The number of ether oxygens (including phenoxy) is 3. The van der Waals surface area contributed by atoms with Gasteiger partial charge in [0, 0.05) is 19.3 Å². The standard InChI is InChI=1S/C60H105O11P/c1-4-7-10-13-16-19-21-23-25-27-28-30-32-34-36-39-42-45-48-51-60(64)71-57(53-67-58(62)49-46-43-40-37-18-15-12-9-6-3)55-69-72(65,66)68-54-56(52-61)70-59(63)50-47-44-41-38-35-33-31-29-26-24-22-20-17-14-11-8-5-2/h8,11,17,20,23-26,31,33,38,41,56-57,61H,4-7,9-10,12-16,18-19,21-22,27-30,32,34-37,39-40,42-55H2,1-3H3,(H,65,66)/b11-8-,20-17-,25-23-,26-24-,33-31-,41-38-. The minimum atomic E-state index is -4.76. The summed E-state index contributed by atoms with van der Waals surface area (Å²) in [6, 6.07) is 0. The molecule has 0 aliphatic heterocycles. The number of phosphoric acid groups is 1. The summed E-state index contributed by atoms with van der Waals surface area (Å²) in [6.45, 7) is 4.45. The van der Waals surface area contributed by atoms with Crippen molar-refractivity contribution in [1.29, 1.82) is 0 Å². The van der Waals surface area contributed by atoms with Crippen LogP contribution in [0.25, 0.3) is 0 Å². The number of hydrogen-bond donors (Lipinski definition) is 2. The van der Waals surface area contributed by atoms with Crippen molar-refractivity contribution in [2.45, 2.75) is 264 Å². The quantitative estimate of drug-likeness (QED) is 0.0197. The maximum absolute atomic E-state index is 12.9. The molecule has 416 valence electrons. The van der Waals surface area contributed by atoms with Crippen LogP contribution in [0, 0.1) is 0 Å². The van der Waals surface area contributed by atoms with Crippen molar-refractivity contribution in [3.8, 4) is 0 Å². The second-order valence-corrected chi connectivity index (χ2v) is 20.5. The Morgan fingerprint density at radius 1 is 0.403 bits per heavy atom. The fourth-order valence-corrected chi connectivity index (χ4v) is 8.52. The zero-order valence-corrected chi connectivity index (χ0v) is 46.8. The molecule has 0 aliphatic rings. The van der Waals surface area contributed by atoms with Crippen LogP contribution in [0.5, 0.6) is 0 Å². The molecule has 2 N–H and O–H groups in total. The Morgan fingerprint density at radius 3 is 1.18 bits per heavy atom. The third-order valence-electron chi connectivity index (χ3n) is 12.1. The number of aliphatic hydroxyl groups excluding tert-OH is 1. The summed E-state index contributed by atoms with van der Waals surface area (Å²) in [4.78, 5) is 48.4. The van der Waals surface area contributed by atoms with E-state index in [1.807, 2.05) is 12.2 Å². The molecule has 11 nitrogen and oxygen atoms in total. The molecule has 0 bridgehead atoms. The highest BCUT2D eigenvalue weighted by atomic mass is 31.2. The maximum atomic E-state index is 12.9. The molecule has 0 heterocycles. The van der Waals surface area contributed by atoms with Crippen molar-refractivity contribution in [1.82, 2.24) is 0 Å². The number of carbonyl (C=O) groups is 3. The smallest absolute Gasteiger partial charge is 0.462 e. The molecule has 0 rings (SSSR count). The predicted octanol–water partition coefficient (Wildman–Crippen LogP) is 16.9. The van der Waals surface area contributed by atoms with Gasteiger partial charge in [-0.15, -0.1) is 0 Å². The molecule has 12 heteroatoms. The Bertz CT molecular complexity index is 1490. The van der Waals surface area contributed by atoms with Crippen LogP contribution >= 0.6 is 7.82 Å². The molecule has 3 unspecified atom stereocenters. The second kappa shape index (κ2) is 54.2. The minimum absolute atomic E-state index is 0.0981. The Morgan fingerprint density at radius 2 is 0.736 bits per heavy atom. The van der Waals surface area contributed by atoms with Gasteiger partial charge >= 0.3 is 25.7 Å². The van der Waals surface area contributed by atoms with E-state index in [2.05, 4.69) is 81.5 Å². The lowest BCUT2D eigenvalue weighted by atomic mass is 10.1. The Balaban J connectivity index is 4.68. The van der Waals surface area contributed by atoms with Gasteiger partial charge in [-0.3, -0.25) is 23.4 Å². The van der Waals surface area contributed by atoms with E-state index < -0.39 is 57.8 Å². The summed E-state index contributed by atoms with van der Waals surface area (Å²) in [6.07, 6.45) is 60.2. The van der Waals surface area contributed by atoms with Crippen molar-refractivity contribution in [3.05, 3.63) is 72.9 Å². The van der Waals surface area contributed by atoms with E-state index in [9.17, 15) is 28.9 Å². The summed E-state index contributed by atoms with van der Waals surface area (Å²) in [7, 11) is -4.76. The third kappa shape index (κ3) is 51.8. The van der Waals surface area contributed by atoms with Crippen molar-refractivity contribution in [3.63, 3.8) is 0 Å². The molecule has 0 aromatic rings. The highest BCUT2D eigenvalue weighted by molar-refractivity contribution is 7.47. The summed E-state index contributed by atoms with van der Waals surface area (Å²) >= 11 is 0. The van der Waals surface area contributed by atoms with E-state index in [4.69, 9.17) is 23.3 Å². The molecule has 3 atom stereocenters. The van der Waals surface area contributed by atoms with Gasteiger partial charge in [0.15, 0.2) is 6.10 Å². The molecule has 0 aliphatic carbocycles. The van der Waals surface area contributed by atoms with Gasteiger partial charge in [0.05, 0.1) is 19.8 Å². The lowest BCUT2D eigenvalue weighted by molar-refractivity contribution is -0.161. The Kier molecular flexibility index (Phi) is 51.9. The fraction of sp³-hybridized carbons (Fsp3) is 0.750. The van der Waals surface area contributed by atoms with Gasteiger partial charge in [-0.05, 0) is 83.5 Å². The van der Waals surface area contributed by atoms with Gasteiger partial charge < -0.3 is 24.2 Å². The van der Waals surface area contributed by atoms with Crippen LogP contribution in [0.15, 0.2) is 72.9 Å². The number of phosphoric ester groups is 1. The average molecular weight is 1030 g/mol. The van der Waals surface area contributed by atoms with Gasteiger partial charge in [0.25, 0.3) is 0 Å². The number of hydrogen-bond acceptors (Lipinski definition) is 10. The lowest BCUT2D eigenvalue weighted by Gasteiger charge is -2.21. The van der Waals surface area contributed by atoms with Crippen LogP contribution in [0.2, 0.25) is 0 Å². The highest BCUT2D eigenvalue weighted by Gasteiger charge is 2.28. The van der Waals surface area contributed by atoms with Crippen molar-refractivity contribution < 1.29 is 52.2 Å². The molecule has 0 amide bonds. The first kappa shape index (κ1) is 68.9. The number of unbranched alkanes of at least 4 members (excludes halogenated alkanes) is 24. The minimum Gasteiger partial charge on any atom is -0.462 e. The summed E-state index contributed by atoms with van der Waals surface area (Å²) < 4.78 is 39.4. The van der Waals surface area contributed by atoms with Gasteiger partial charge in [0.2, 0.25) is 0 Å². The zero-order valence-electron chi connectivity index (χ0n) is 45.9. The molecule has 72 heavy (non-hydrogen) atoms. The van der Waals surface area contributed by atoms with Crippen LogP contribution in [0.4, 0.5) is 0 Å².